The Balaban J connectivity index is 2.73. The van der Waals surface area contributed by atoms with E-state index in [-0.39, 0.29) is 6.54 Å². The highest BCUT2D eigenvalue weighted by Crippen LogP contribution is 2.12. The SMILES string of the molecule is CCN1C(=O)C(=O)N(CC(=O)NC(C)(C)CC)C1=O. The molecule has 1 heterocycles. The lowest BCUT2D eigenvalue weighted by Gasteiger charge is -2.25. The number of likely N-dealkylation sites (N-methyl/N-ethyl adjacent to an activating group) is 1. The van der Waals surface area contributed by atoms with Gasteiger partial charge in [-0.2, -0.15) is 0 Å². The predicted molar refractivity (Wildman–Crippen MR) is 67.0 cm³/mol. The number of amides is 5. The van der Waals surface area contributed by atoms with Crippen molar-refractivity contribution in [3.63, 3.8) is 0 Å². The predicted octanol–water partition coefficient (Wildman–Crippen LogP) is 0.102. The molecule has 106 valence electrons. The summed E-state index contributed by atoms with van der Waals surface area (Å²) in [5, 5.41) is 2.71. The monoisotopic (exact) mass is 269 g/mol. The van der Waals surface area contributed by atoms with Crippen molar-refractivity contribution in [3.05, 3.63) is 0 Å². The molecule has 0 saturated carbocycles. The maximum atomic E-state index is 11.8. The molecule has 5 amide bonds. The molecule has 1 rings (SSSR count). The van der Waals surface area contributed by atoms with Gasteiger partial charge in [-0.3, -0.25) is 19.3 Å². The van der Waals surface area contributed by atoms with Gasteiger partial charge in [0.25, 0.3) is 0 Å². The Morgan fingerprint density at radius 3 is 2.05 bits per heavy atom. The van der Waals surface area contributed by atoms with Crippen LogP contribution < -0.4 is 5.32 Å². The molecule has 1 saturated heterocycles. The third-order valence-corrected chi connectivity index (χ3v) is 3.11. The molecule has 0 spiro atoms. The van der Waals surface area contributed by atoms with Crippen LogP contribution in [0.25, 0.3) is 0 Å². The normalized spacial score (nSPS) is 16.3. The van der Waals surface area contributed by atoms with Crippen LogP contribution in [0.2, 0.25) is 0 Å². The van der Waals surface area contributed by atoms with E-state index in [1.807, 2.05) is 20.8 Å². The Hall–Kier alpha value is -1.92. The van der Waals surface area contributed by atoms with Crippen molar-refractivity contribution in [1.82, 2.24) is 15.1 Å². The second kappa shape index (κ2) is 5.38. The molecule has 0 aliphatic carbocycles. The van der Waals surface area contributed by atoms with E-state index in [0.29, 0.717) is 11.3 Å². The van der Waals surface area contributed by atoms with Crippen molar-refractivity contribution < 1.29 is 19.2 Å². The maximum absolute atomic E-state index is 11.8. The smallest absolute Gasteiger partial charge is 0.334 e. The highest BCUT2D eigenvalue weighted by molar-refractivity contribution is 6.45. The lowest BCUT2D eigenvalue weighted by molar-refractivity contribution is -0.144. The van der Waals surface area contributed by atoms with Gasteiger partial charge in [-0.25, -0.2) is 9.69 Å². The minimum absolute atomic E-state index is 0.113. The fourth-order valence-electron chi connectivity index (χ4n) is 1.62. The summed E-state index contributed by atoms with van der Waals surface area (Å²) in [4.78, 5) is 48.1. The van der Waals surface area contributed by atoms with Crippen molar-refractivity contribution in [3.8, 4) is 0 Å². The molecular weight excluding hydrogens is 250 g/mol. The first kappa shape index (κ1) is 15.1. The molecule has 0 bridgehead atoms. The molecule has 1 aliphatic heterocycles. The number of hydrogen-bond acceptors (Lipinski definition) is 4. The fourth-order valence-corrected chi connectivity index (χ4v) is 1.62. The number of urea groups is 1. The molecule has 1 aliphatic rings. The zero-order chi connectivity index (χ0) is 14.8. The average Bonchev–Trinajstić information content (AvgIpc) is 2.53. The summed E-state index contributed by atoms with van der Waals surface area (Å²) in [6.45, 7) is 6.86. The topological polar surface area (TPSA) is 86.8 Å². The maximum Gasteiger partial charge on any atom is 0.334 e. The summed E-state index contributed by atoms with van der Waals surface area (Å²) in [6.07, 6.45) is 0.709. The highest BCUT2D eigenvalue weighted by Gasteiger charge is 2.44. The third-order valence-electron chi connectivity index (χ3n) is 3.11. The van der Waals surface area contributed by atoms with Crippen LogP contribution in [0.5, 0.6) is 0 Å². The molecule has 1 N–H and O–H groups in total. The van der Waals surface area contributed by atoms with Gasteiger partial charge in [-0.1, -0.05) is 6.92 Å². The van der Waals surface area contributed by atoms with Gasteiger partial charge in [0.15, 0.2) is 0 Å². The molecule has 0 atom stereocenters. The molecule has 7 nitrogen and oxygen atoms in total. The molecule has 7 heteroatoms. The molecule has 0 aromatic carbocycles. The lowest BCUT2D eigenvalue weighted by Crippen LogP contribution is -2.48. The summed E-state index contributed by atoms with van der Waals surface area (Å²) in [5.41, 5.74) is -0.419. The molecule has 0 aromatic heterocycles. The molecule has 0 aromatic rings. The summed E-state index contributed by atoms with van der Waals surface area (Å²) in [7, 11) is 0. The van der Waals surface area contributed by atoms with Crippen LogP contribution in [-0.2, 0) is 14.4 Å². The number of imide groups is 2. The molecule has 0 radical (unpaired) electrons. The average molecular weight is 269 g/mol. The van der Waals surface area contributed by atoms with E-state index in [0.717, 1.165) is 4.90 Å². The largest absolute Gasteiger partial charge is 0.350 e. The van der Waals surface area contributed by atoms with Gasteiger partial charge in [-0.15, -0.1) is 0 Å². The molecule has 19 heavy (non-hydrogen) atoms. The first-order valence-corrected chi connectivity index (χ1v) is 6.21. The van der Waals surface area contributed by atoms with E-state index in [1.54, 1.807) is 6.92 Å². The minimum Gasteiger partial charge on any atom is -0.350 e. The molecule has 0 unspecified atom stereocenters. The third kappa shape index (κ3) is 3.10. The number of nitrogens with zero attached hydrogens (tertiary/aromatic N) is 2. The lowest BCUT2D eigenvalue weighted by atomic mass is 10.0. The van der Waals surface area contributed by atoms with Gasteiger partial charge in [0.1, 0.15) is 6.54 Å². The van der Waals surface area contributed by atoms with Crippen LogP contribution in [0.4, 0.5) is 4.79 Å². The van der Waals surface area contributed by atoms with Crippen LogP contribution >= 0.6 is 0 Å². The van der Waals surface area contributed by atoms with Gasteiger partial charge < -0.3 is 5.32 Å². The van der Waals surface area contributed by atoms with Gasteiger partial charge in [-0.05, 0) is 27.2 Å². The second-order valence-corrected chi connectivity index (χ2v) is 5.01. The summed E-state index contributed by atoms with van der Waals surface area (Å²) in [6, 6.07) is -0.734. The van der Waals surface area contributed by atoms with Crippen LogP contribution in [0.15, 0.2) is 0 Å². The number of carbonyl (C=O) groups excluding carboxylic acids is 4. The number of carbonyl (C=O) groups is 4. The van der Waals surface area contributed by atoms with Gasteiger partial charge in [0, 0.05) is 12.1 Å². The highest BCUT2D eigenvalue weighted by atomic mass is 16.2. The van der Waals surface area contributed by atoms with Gasteiger partial charge >= 0.3 is 17.8 Å². The van der Waals surface area contributed by atoms with E-state index < -0.39 is 35.8 Å². The Labute approximate surface area is 111 Å². The van der Waals surface area contributed by atoms with Crippen LogP contribution in [-0.4, -0.2) is 52.2 Å². The van der Waals surface area contributed by atoms with E-state index >= 15 is 0 Å². The van der Waals surface area contributed by atoms with E-state index in [4.69, 9.17) is 0 Å². The van der Waals surface area contributed by atoms with E-state index in [2.05, 4.69) is 5.32 Å². The second-order valence-electron chi connectivity index (χ2n) is 5.01. The standard InChI is InChI=1S/C12H19N3O4/c1-5-12(3,4)13-8(16)7-15-10(18)9(17)14(6-2)11(15)19/h5-7H2,1-4H3,(H,13,16). The Kier molecular flexibility index (Phi) is 4.28. The Bertz CT molecular complexity index is 431. The number of rotatable bonds is 5. The summed E-state index contributed by atoms with van der Waals surface area (Å²) >= 11 is 0. The van der Waals surface area contributed by atoms with Crippen molar-refractivity contribution in [2.24, 2.45) is 0 Å². The van der Waals surface area contributed by atoms with Crippen molar-refractivity contribution >= 4 is 23.8 Å². The van der Waals surface area contributed by atoms with Gasteiger partial charge in [0.2, 0.25) is 5.91 Å². The van der Waals surface area contributed by atoms with Gasteiger partial charge in [0.05, 0.1) is 0 Å². The first-order chi connectivity index (χ1) is 8.73. The zero-order valence-corrected chi connectivity index (χ0v) is 11.6. The van der Waals surface area contributed by atoms with Crippen LogP contribution in [0.3, 0.4) is 0 Å². The van der Waals surface area contributed by atoms with E-state index in [1.165, 1.54) is 0 Å². The number of nitrogens with one attached hydrogen (secondary N) is 1. The van der Waals surface area contributed by atoms with Crippen molar-refractivity contribution in [2.75, 3.05) is 13.1 Å². The summed E-state index contributed by atoms with van der Waals surface area (Å²) < 4.78 is 0. The zero-order valence-electron chi connectivity index (χ0n) is 11.6. The minimum atomic E-state index is -0.948. The molecular formula is C12H19N3O4. The van der Waals surface area contributed by atoms with Crippen molar-refractivity contribution in [2.45, 2.75) is 39.7 Å². The van der Waals surface area contributed by atoms with Crippen LogP contribution in [0.1, 0.15) is 34.1 Å². The summed E-state index contributed by atoms with van der Waals surface area (Å²) in [5.74, 6) is -2.29. The molecule has 1 fully saturated rings. The van der Waals surface area contributed by atoms with Crippen molar-refractivity contribution in [1.29, 1.82) is 0 Å². The van der Waals surface area contributed by atoms with Crippen LogP contribution in [0, 0.1) is 0 Å². The number of hydrogen-bond donors (Lipinski definition) is 1. The Morgan fingerprint density at radius 1 is 1.11 bits per heavy atom. The fraction of sp³-hybridized carbons (Fsp3) is 0.667. The van der Waals surface area contributed by atoms with E-state index in [9.17, 15) is 19.2 Å². The first-order valence-electron chi connectivity index (χ1n) is 6.21. The quantitative estimate of drug-likeness (QED) is 0.566. The Morgan fingerprint density at radius 2 is 1.63 bits per heavy atom.